The smallest absolute Gasteiger partial charge is 0.137 e. The van der Waals surface area contributed by atoms with Gasteiger partial charge in [0.2, 0.25) is 0 Å². The van der Waals surface area contributed by atoms with Gasteiger partial charge in [-0.2, -0.15) is 10.2 Å². The molecule has 2 N–H and O–H groups in total. The van der Waals surface area contributed by atoms with Gasteiger partial charge in [-0.05, 0) is 37.6 Å². The van der Waals surface area contributed by atoms with E-state index in [-0.39, 0.29) is 6.04 Å². The first-order valence-corrected chi connectivity index (χ1v) is 8.17. The summed E-state index contributed by atoms with van der Waals surface area (Å²) < 4.78 is 1.79. The molecular weight excluding hydrogens is 314 g/mol. The highest BCUT2D eigenvalue weighted by molar-refractivity contribution is 6.00. The molecule has 0 unspecified atom stereocenters. The Morgan fingerprint density at radius 3 is 2.72 bits per heavy atom. The lowest BCUT2D eigenvalue weighted by molar-refractivity contribution is 0.768. The van der Waals surface area contributed by atoms with Gasteiger partial charge in [0.05, 0.1) is 22.8 Å². The molecule has 0 aliphatic rings. The number of pyridine rings is 2. The van der Waals surface area contributed by atoms with Crippen molar-refractivity contribution < 1.29 is 0 Å². The molecule has 4 heterocycles. The maximum Gasteiger partial charge on any atom is 0.137 e. The predicted octanol–water partition coefficient (Wildman–Crippen LogP) is 3.24. The van der Waals surface area contributed by atoms with Gasteiger partial charge in [-0.25, -0.2) is 4.98 Å². The molecule has 0 radical (unpaired) electrons. The molecule has 0 saturated carbocycles. The first kappa shape index (κ1) is 15.3. The second-order valence-corrected chi connectivity index (χ2v) is 6.29. The monoisotopic (exact) mass is 333 g/mol. The lowest BCUT2D eigenvalue weighted by Crippen LogP contribution is -2.11. The lowest BCUT2D eigenvalue weighted by Gasteiger charge is -2.10. The molecule has 126 valence electrons. The lowest BCUT2D eigenvalue weighted by atomic mass is 10.1. The van der Waals surface area contributed by atoms with Crippen LogP contribution in [0.2, 0.25) is 0 Å². The fourth-order valence-corrected chi connectivity index (χ4v) is 2.84. The van der Waals surface area contributed by atoms with E-state index in [1.807, 2.05) is 37.6 Å². The minimum absolute atomic E-state index is 0.274. The van der Waals surface area contributed by atoms with Crippen LogP contribution in [0.1, 0.15) is 13.8 Å². The first-order valence-electron chi connectivity index (χ1n) is 8.17. The molecule has 0 bridgehead atoms. The zero-order valence-electron chi connectivity index (χ0n) is 14.4. The summed E-state index contributed by atoms with van der Waals surface area (Å²) >= 11 is 0. The molecule has 25 heavy (non-hydrogen) atoms. The van der Waals surface area contributed by atoms with Crippen molar-refractivity contribution >= 4 is 16.7 Å². The molecule has 4 aromatic rings. The van der Waals surface area contributed by atoms with Crippen molar-refractivity contribution in [1.29, 1.82) is 0 Å². The normalized spacial score (nSPS) is 11.4. The number of rotatable bonds is 4. The fourth-order valence-electron chi connectivity index (χ4n) is 2.84. The van der Waals surface area contributed by atoms with Crippen LogP contribution in [-0.4, -0.2) is 36.0 Å². The molecule has 0 atom stereocenters. The van der Waals surface area contributed by atoms with E-state index in [0.717, 1.165) is 39.2 Å². The summed E-state index contributed by atoms with van der Waals surface area (Å²) in [5.74, 6) is 0.810. The summed E-state index contributed by atoms with van der Waals surface area (Å²) in [6.07, 6.45) is 7.39. The van der Waals surface area contributed by atoms with Crippen LogP contribution in [0.5, 0.6) is 0 Å². The van der Waals surface area contributed by atoms with Gasteiger partial charge in [0.1, 0.15) is 11.5 Å². The summed E-state index contributed by atoms with van der Waals surface area (Å²) in [6.45, 7) is 4.17. The Morgan fingerprint density at radius 2 is 1.96 bits per heavy atom. The van der Waals surface area contributed by atoms with Gasteiger partial charge in [-0.3, -0.25) is 14.8 Å². The molecule has 4 rings (SSSR count). The minimum Gasteiger partial charge on any atom is -0.367 e. The maximum atomic E-state index is 4.52. The highest BCUT2D eigenvalue weighted by atomic mass is 15.2. The Hall–Kier alpha value is -3.22. The average molecular weight is 333 g/mol. The van der Waals surface area contributed by atoms with Crippen molar-refractivity contribution in [3.8, 4) is 22.5 Å². The molecular formula is C18H19N7. The van der Waals surface area contributed by atoms with Gasteiger partial charge < -0.3 is 5.32 Å². The SMILES string of the molecule is CC(C)Nc1nccc2[nH]nc(-c3cc(-c4cnn(C)c4)ccn3)c12. The summed E-state index contributed by atoms with van der Waals surface area (Å²) in [4.78, 5) is 9.00. The van der Waals surface area contributed by atoms with Crippen LogP contribution >= 0.6 is 0 Å². The molecule has 0 amide bonds. The van der Waals surface area contributed by atoms with Gasteiger partial charge in [0, 0.05) is 37.2 Å². The zero-order valence-corrected chi connectivity index (χ0v) is 14.4. The highest BCUT2D eigenvalue weighted by Crippen LogP contribution is 2.31. The second kappa shape index (κ2) is 6.01. The van der Waals surface area contributed by atoms with E-state index in [9.17, 15) is 0 Å². The first-order chi connectivity index (χ1) is 12.1. The second-order valence-electron chi connectivity index (χ2n) is 6.29. The molecule has 4 aromatic heterocycles. The van der Waals surface area contributed by atoms with Gasteiger partial charge in [0.25, 0.3) is 0 Å². The van der Waals surface area contributed by atoms with Crippen molar-refractivity contribution in [3.05, 3.63) is 43.0 Å². The number of fused-ring (bicyclic) bond motifs is 1. The third-order valence-corrected chi connectivity index (χ3v) is 3.94. The van der Waals surface area contributed by atoms with Crippen LogP contribution in [0.3, 0.4) is 0 Å². The summed E-state index contributed by atoms with van der Waals surface area (Å²) in [5, 5.41) is 16.1. The number of hydrogen-bond donors (Lipinski definition) is 2. The molecule has 0 fully saturated rings. The number of aryl methyl sites for hydroxylation is 1. The molecule has 7 nitrogen and oxygen atoms in total. The van der Waals surface area contributed by atoms with E-state index in [0.29, 0.717) is 0 Å². The number of hydrogen-bond acceptors (Lipinski definition) is 5. The van der Waals surface area contributed by atoms with E-state index in [1.54, 1.807) is 17.1 Å². The van der Waals surface area contributed by atoms with Crippen molar-refractivity contribution in [2.24, 2.45) is 7.05 Å². The Kier molecular flexibility index (Phi) is 3.68. The quantitative estimate of drug-likeness (QED) is 0.599. The summed E-state index contributed by atoms with van der Waals surface area (Å²) in [7, 11) is 1.91. The number of H-pyrrole nitrogens is 1. The number of aromatic nitrogens is 6. The largest absolute Gasteiger partial charge is 0.367 e. The summed E-state index contributed by atoms with van der Waals surface area (Å²) in [5.41, 5.74) is 4.62. The van der Waals surface area contributed by atoms with Crippen molar-refractivity contribution in [3.63, 3.8) is 0 Å². The number of aromatic amines is 1. The number of nitrogens with one attached hydrogen (secondary N) is 2. The van der Waals surface area contributed by atoms with E-state index >= 15 is 0 Å². The minimum atomic E-state index is 0.274. The van der Waals surface area contributed by atoms with Crippen LogP contribution in [-0.2, 0) is 7.05 Å². The van der Waals surface area contributed by atoms with Crippen molar-refractivity contribution in [2.45, 2.75) is 19.9 Å². The molecule has 0 aliphatic carbocycles. The topological polar surface area (TPSA) is 84.3 Å². The van der Waals surface area contributed by atoms with Gasteiger partial charge in [-0.1, -0.05) is 0 Å². The molecule has 0 aliphatic heterocycles. The highest BCUT2D eigenvalue weighted by Gasteiger charge is 2.15. The third kappa shape index (κ3) is 2.84. The fraction of sp³-hybridized carbons (Fsp3) is 0.222. The average Bonchev–Trinajstić information content (AvgIpc) is 3.21. The zero-order chi connectivity index (χ0) is 17.4. The Morgan fingerprint density at radius 1 is 1.12 bits per heavy atom. The third-order valence-electron chi connectivity index (χ3n) is 3.94. The van der Waals surface area contributed by atoms with Crippen molar-refractivity contribution in [2.75, 3.05) is 5.32 Å². The van der Waals surface area contributed by atoms with E-state index in [4.69, 9.17) is 0 Å². The Balaban J connectivity index is 1.85. The standard InChI is InChI=1S/C18H19N7/c1-11(2)22-18-16-14(5-7-20-18)23-24-17(16)15-8-12(4-6-19-15)13-9-21-25(3)10-13/h4-11H,1-3H3,(H,20,22)(H,23,24). The molecule has 0 spiro atoms. The predicted molar refractivity (Wildman–Crippen MR) is 98.1 cm³/mol. The molecule has 7 heteroatoms. The van der Waals surface area contributed by atoms with Gasteiger partial charge in [0.15, 0.2) is 0 Å². The van der Waals surface area contributed by atoms with Crippen LogP contribution < -0.4 is 5.32 Å². The van der Waals surface area contributed by atoms with Gasteiger partial charge in [-0.15, -0.1) is 0 Å². The number of nitrogens with zero attached hydrogens (tertiary/aromatic N) is 5. The summed E-state index contributed by atoms with van der Waals surface area (Å²) in [6, 6.07) is 6.19. The van der Waals surface area contributed by atoms with E-state index in [1.165, 1.54) is 0 Å². The van der Waals surface area contributed by atoms with Crippen LogP contribution in [0.25, 0.3) is 33.4 Å². The van der Waals surface area contributed by atoms with E-state index in [2.05, 4.69) is 44.4 Å². The molecule has 0 saturated heterocycles. The van der Waals surface area contributed by atoms with Crippen LogP contribution in [0.15, 0.2) is 43.0 Å². The van der Waals surface area contributed by atoms with Crippen LogP contribution in [0.4, 0.5) is 5.82 Å². The molecule has 0 aromatic carbocycles. The van der Waals surface area contributed by atoms with Crippen LogP contribution in [0, 0.1) is 0 Å². The Labute approximate surface area is 145 Å². The van der Waals surface area contributed by atoms with E-state index < -0.39 is 0 Å². The van der Waals surface area contributed by atoms with Crippen molar-refractivity contribution in [1.82, 2.24) is 29.9 Å². The Bertz CT molecular complexity index is 1030. The number of anilines is 1. The maximum absolute atomic E-state index is 4.52. The van der Waals surface area contributed by atoms with Gasteiger partial charge >= 0.3 is 0 Å².